The van der Waals surface area contributed by atoms with Gasteiger partial charge in [0.25, 0.3) is 11.1 Å². The zero-order chi connectivity index (χ0) is 16.4. The first-order chi connectivity index (χ1) is 11.8. The molecule has 2 atom stereocenters. The van der Waals surface area contributed by atoms with E-state index in [1.54, 1.807) is 11.3 Å². The third kappa shape index (κ3) is 3.37. The second-order valence-electron chi connectivity index (χ2n) is 6.48. The summed E-state index contributed by atoms with van der Waals surface area (Å²) in [6, 6.07) is 4.37. The van der Waals surface area contributed by atoms with Gasteiger partial charge >= 0.3 is 0 Å². The van der Waals surface area contributed by atoms with Crippen LogP contribution in [-0.4, -0.2) is 39.3 Å². The highest BCUT2D eigenvalue weighted by atomic mass is 32.2. The number of thioether (sulfide) groups is 1. The molecule has 2 aromatic heterocycles. The first-order valence-corrected chi connectivity index (χ1v) is 10.5. The molecule has 128 valence electrons. The monoisotopic (exact) mass is 363 g/mol. The van der Waals surface area contributed by atoms with E-state index < -0.39 is 0 Å². The maximum atomic E-state index is 12.7. The molecule has 0 aromatic carbocycles. The Morgan fingerprint density at radius 1 is 1.29 bits per heavy atom. The van der Waals surface area contributed by atoms with E-state index in [-0.39, 0.29) is 5.91 Å². The molecule has 1 aliphatic heterocycles. The third-order valence-electron chi connectivity index (χ3n) is 5.02. The third-order valence-corrected chi connectivity index (χ3v) is 6.68. The van der Waals surface area contributed by atoms with Gasteiger partial charge in [-0.1, -0.05) is 30.7 Å². The van der Waals surface area contributed by atoms with Gasteiger partial charge in [0.05, 0.1) is 10.6 Å². The summed E-state index contributed by atoms with van der Waals surface area (Å²) in [6.07, 6.45) is 7.47. The van der Waals surface area contributed by atoms with Crippen molar-refractivity contribution < 1.29 is 9.21 Å². The number of fused-ring (bicyclic) bond motifs is 1. The highest BCUT2D eigenvalue weighted by Gasteiger charge is 2.35. The summed E-state index contributed by atoms with van der Waals surface area (Å²) in [4.78, 5) is 15.8. The summed E-state index contributed by atoms with van der Waals surface area (Å²) < 4.78 is 5.65. The van der Waals surface area contributed by atoms with Crippen molar-refractivity contribution in [3.63, 3.8) is 0 Å². The molecular weight excluding hydrogens is 342 g/mol. The smallest absolute Gasteiger partial charge is 0.277 e. The van der Waals surface area contributed by atoms with Gasteiger partial charge in [-0.05, 0) is 43.0 Å². The number of amides is 1. The average molecular weight is 364 g/mol. The summed E-state index contributed by atoms with van der Waals surface area (Å²) in [7, 11) is 0. The summed E-state index contributed by atoms with van der Waals surface area (Å²) in [5.74, 6) is 1.85. The second-order valence-corrected chi connectivity index (χ2v) is 8.35. The van der Waals surface area contributed by atoms with Crippen molar-refractivity contribution in [3.8, 4) is 10.8 Å². The van der Waals surface area contributed by atoms with Gasteiger partial charge in [0, 0.05) is 12.6 Å². The molecule has 2 fully saturated rings. The Balaban J connectivity index is 1.36. The van der Waals surface area contributed by atoms with Crippen LogP contribution >= 0.6 is 23.1 Å². The van der Waals surface area contributed by atoms with Crippen molar-refractivity contribution in [3.05, 3.63) is 17.5 Å². The summed E-state index contributed by atoms with van der Waals surface area (Å²) >= 11 is 2.92. The van der Waals surface area contributed by atoms with Crippen LogP contribution in [0, 0.1) is 5.92 Å². The van der Waals surface area contributed by atoms with Crippen LogP contribution in [0.1, 0.15) is 38.5 Å². The van der Waals surface area contributed by atoms with Crippen molar-refractivity contribution in [2.45, 2.75) is 49.8 Å². The molecule has 0 radical (unpaired) electrons. The van der Waals surface area contributed by atoms with Gasteiger partial charge in [0.1, 0.15) is 0 Å². The summed E-state index contributed by atoms with van der Waals surface area (Å²) in [5.41, 5.74) is 0. The van der Waals surface area contributed by atoms with E-state index in [0.717, 1.165) is 23.8 Å². The molecule has 0 bridgehead atoms. The molecule has 5 nitrogen and oxygen atoms in total. The average Bonchev–Trinajstić information content (AvgIpc) is 3.30. The van der Waals surface area contributed by atoms with Crippen LogP contribution in [0.25, 0.3) is 10.8 Å². The molecule has 3 heterocycles. The standard InChI is InChI=1S/C17H21N3O2S2/c21-15(20-9-3-6-12-5-1-2-7-13(12)20)11-24-17-19-18-16(22-17)14-8-4-10-23-14/h4,8,10,12-13H,1-3,5-7,9,11H2/t12-,13-/m1/s1. The molecule has 0 N–H and O–H groups in total. The van der Waals surface area contributed by atoms with E-state index in [1.165, 1.54) is 43.9 Å². The first kappa shape index (κ1) is 16.1. The molecule has 4 rings (SSSR count). The number of carbonyl (C=O) groups is 1. The van der Waals surface area contributed by atoms with Crippen molar-refractivity contribution in [1.82, 2.24) is 15.1 Å². The lowest BCUT2D eigenvalue weighted by molar-refractivity contribution is -0.134. The van der Waals surface area contributed by atoms with Gasteiger partial charge in [-0.3, -0.25) is 4.79 Å². The predicted octanol–water partition coefficient (Wildman–Crippen LogP) is 4.07. The largest absolute Gasteiger partial charge is 0.410 e. The van der Waals surface area contributed by atoms with Gasteiger partial charge < -0.3 is 9.32 Å². The topological polar surface area (TPSA) is 59.2 Å². The fraction of sp³-hybridized carbons (Fsp3) is 0.588. The number of hydrogen-bond acceptors (Lipinski definition) is 6. The predicted molar refractivity (Wildman–Crippen MR) is 95.0 cm³/mol. The molecule has 1 amide bonds. The Morgan fingerprint density at radius 2 is 2.17 bits per heavy atom. The van der Waals surface area contributed by atoms with E-state index in [2.05, 4.69) is 15.1 Å². The highest BCUT2D eigenvalue weighted by Crippen LogP contribution is 2.36. The van der Waals surface area contributed by atoms with E-state index >= 15 is 0 Å². The molecule has 1 saturated carbocycles. The van der Waals surface area contributed by atoms with Gasteiger partial charge in [0.2, 0.25) is 5.91 Å². The van der Waals surface area contributed by atoms with Crippen molar-refractivity contribution in [1.29, 1.82) is 0 Å². The molecule has 24 heavy (non-hydrogen) atoms. The molecular formula is C17H21N3O2S2. The number of carbonyl (C=O) groups excluding carboxylic acids is 1. The Hall–Kier alpha value is -1.34. The normalized spacial score (nSPS) is 23.9. The van der Waals surface area contributed by atoms with Crippen LogP contribution in [0.5, 0.6) is 0 Å². The molecule has 0 unspecified atom stereocenters. The zero-order valence-corrected chi connectivity index (χ0v) is 15.2. The Labute approximate surface area is 149 Å². The van der Waals surface area contributed by atoms with Crippen LogP contribution in [-0.2, 0) is 4.79 Å². The van der Waals surface area contributed by atoms with Gasteiger partial charge in [-0.2, -0.15) is 0 Å². The van der Waals surface area contributed by atoms with Gasteiger partial charge in [0.15, 0.2) is 0 Å². The second kappa shape index (κ2) is 7.27. The number of rotatable bonds is 4. The fourth-order valence-corrected chi connectivity index (χ4v) is 5.20. The summed E-state index contributed by atoms with van der Waals surface area (Å²) in [6.45, 7) is 0.908. The number of thiophene rings is 1. The number of piperidine rings is 1. The van der Waals surface area contributed by atoms with Crippen LogP contribution in [0.15, 0.2) is 27.2 Å². The minimum Gasteiger partial charge on any atom is -0.410 e. The van der Waals surface area contributed by atoms with E-state index in [9.17, 15) is 4.79 Å². The zero-order valence-electron chi connectivity index (χ0n) is 13.5. The first-order valence-electron chi connectivity index (χ1n) is 8.61. The quantitative estimate of drug-likeness (QED) is 0.766. The molecule has 0 spiro atoms. The Bertz CT molecular complexity index is 684. The number of hydrogen-bond donors (Lipinski definition) is 0. The van der Waals surface area contributed by atoms with Crippen molar-refractivity contribution in [2.24, 2.45) is 5.92 Å². The number of aromatic nitrogens is 2. The van der Waals surface area contributed by atoms with Gasteiger partial charge in [-0.25, -0.2) is 0 Å². The Morgan fingerprint density at radius 3 is 3.04 bits per heavy atom. The van der Waals surface area contributed by atoms with Crippen LogP contribution < -0.4 is 0 Å². The van der Waals surface area contributed by atoms with Crippen molar-refractivity contribution in [2.75, 3.05) is 12.3 Å². The van der Waals surface area contributed by atoms with Gasteiger partial charge in [-0.15, -0.1) is 21.5 Å². The van der Waals surface area contributed by atoms with Crippen LogP contribution in [0.4, 0.5) is 0 Å². The lowest BCUT2D eigenvalue weighted by Gasteiger charge is -2.44. The lowest BCUT2D eigenvalue weighted by Crippen LogP contribution is -2.50. The minimum atomic E-state index is 0.215. The molecule has 7 heteroatoms. The molecule has 1 aliphatic carbocycles. The maximum Gasteiger partial charge on any atom is 0.277 e. The maximum absolute atomic E-state index is 12.7. The van der Waals surface area contributed by atoms with Crippen LogP contribution in [0.2, 0.25) is 0 Å². The molecule has 2 aromatic rings. The lowest BCUT2D eigenvalue weighted by atomic mass is 9.78. The number of likely N-dealkylation sites (tertiary alicyclic amines) is 1. The fourth-order valence-electron chi connectivity index (χ4n) is 3.91. The highest BCUT2D eigenvalue weighted by molar-refractivity contribution is 7.99. The van der Waals surface area contributed by atoms with E-state index in [1.807, 2.05) is 17.5 Å². The summed E-state index contributed by atoms with van der Waals surface area (Å²) in [5, 5.41) is 10.6. The van der Waals surface area contributed by atoms with E-state index in [0.29, 0.717) is 22.9 Å². The SMILES string of the molecule is O=C(CSc1nnc(-c2cccs2)o1)N1CCC[C@H]2CCCC[C@H]21. The van der Waals surface area contributed by atoms with E-state index in [4.69, 9.17) is 4.42 Å². The number of nitrogens with zero attached hydrogens (tertiary/aromatic N) is 3. The molecule has 1 saturated heterocycles. The van der Waals surface area contributed by atoms with Crippen molar-refractivity contribution >= 4 is 29.0 Å². The van der Waals surface area contributed by atoms with Crippen LogP contribution in [0.3, 0.4) is 0 Å². The minimum absolute atomic E-state index is 0.215. The molecule has 2 aliphatic rings. The Kier molecular flexibility index (Phi) is 4.89.